The normalized spacial score (nSPS) is 10.5. The van der Waals surface area contributed by atoms with Crippen LogP contribution in [-0.2, 0) is 0 Å². The Morgan fingerprint density at radius 3 is 2.59 bits per heavy atom. The molecule has 6 nitrogen and oxygen atoms in total. The van der Waals surface area contributed by atoms with Gasteiger partial charge >= 0.3 is 0 Å². The first kappa shape index (κ1) is 11.3. The number of aromatic nitrogens is 4. The van der Waals surface area contributed by atoms with E-state index < -0.39 is 0 Å². The predicted octanol–water partition coefficient (Wildman–Crippen LogP) is 0.872. The van der Waals surface area contributed by atoms with E-state index in [-0.39, 0.29) is 5.84 Å². The van der Waals surface area contributed by atoms with E-state index in [0.717, 1.165) is 17.0 Å². The molecule has 0 saturated heterocycles. The fraction of sp³-hybridized carbons (Fsp3) is 0.273. The van der Waals surface area contributed by atoms with Gasteiger partial charge in [-0.3, -0.25) is 5.41 Å². The molecule has 2 rings (SSSR count). The van der Waals surface area contributed by atoms with E-state index in [0.29, 0.717) is 11.4 Å². The highest BCUT2D eigenvalue weighted by atomic mass is 15.3. The predicted molar refractivity (Wildman–Crippen MR) is 64.4 cm³/mol. The van der Waals surface area contributed by atoms with Crippen molar-refractivity contribution in [1.82, 2.24) is 20.0 Å². The molecule has 0 aliphatic rings. The second kappa shape index (κ2) is 3.97. The zero-order chi connectivity index (χ0) is 12.6. The van der Waals surface area contributed by atoms with Gasteiger partial charge in [0.05, 0.1) is 17.5 Å². The number of hydrogen-bond acceptors (Lipinski definition) is 4. The minimum atomic E-state index is -0.0416. The van der Waals surface area contributed by atoms with Gasteiger partial charge in [-0.05, 0) is 32.4 Å². The first-order valence-electron chi connectivity index (χ1n) is 5.21. The lowest BCUT2D eigenvalue weighted by Crippen LogP contribution is -2.17. The van der Waals surface area contributed by atoms with Crippen molar-refractivity contribution in [1.29, 1.82) is 5.41 Å². The van der Waals surface area contributed by atoms with E-state index in [9.17, 15) is 0 Å². The van der Waals surface area contributed by atoms with Crippen molar-refractivity contribution in [2.24, 2.45) is 5.73 Å². The highest BCUT2D eigenvalue weighted by Crippen LogP contribution is 2.17. The van der Waals surface area contributed by atoms with E-state index in [1.165, 1.54) is 6.20 Å². The standard InChI is InChI=1S/C11H14N6/c1-6-7(2)16-17(8(6)3)11-9(10(12)13)4-5-14-15-11/h4-5H,1-3H3,(H3,12,13). The lowest BCUT2D eigenvalue weighted by molar-refractivity contribution is 0.778. The van der Waals surface area contributed by atoms with Gasteiger partial charge in [-0.1, -0.05) is 0 Å². The Balaban J connectivity index is 2.68. The maximum absolute atomic E-state index is 7.53. The van der Waals surface area contributed by atoms with Crippen LogP contribution in [0.5, 0.6) is 0 Å². The Bertz CT molecular complexity index is 584. The molecular weight excluding hydrogens is 216 g/mol. The zero-order valence-corrected chi connectivity index (χ0v) is 10.0. The topological polar surface area (TPSA) is 93.5 Å². The molecule has 3 N–H and O–H groups in total. The van der Waals surface area contributed by atoms with Crippen LogP contribution in [0.3, 0.4) is 0 Å². The monoisotopic (exact) mass is 230 g/mol. The summed E-state index contributed by atoms with van der Waals surface area (Å²) in [6.07, 6.45) is 1.51. The molecular formula is C11H14N6. The van der Waals surface area contributed by atoms with Gasteiger partial charge in [0.15, 0.2) is 5.82 Å². The van der Waals surface area contributed by atoms with Gasteiger partial charge in [-0.2, -0.15) is 10.2 Å². The molecule has 17 heavy (non-hydrogen) atoms. The van der Waals surface area contributed by atoms with E-state index in [1.807, 2.05) is 20.8 Å². The molecule has 0 aliphatic carbocycles. The summed E-state index contributed by atoms with van der Waals surface area (Å²) in [6, 6.07) is 1.66. The summed E-state index contributed by atoms with van der Waals surface area (Å²) >= 11 is 0. The number of amidine groups is 1. The Morgan fingerprint density at radius 1 is 1.35 bits per heavy atom. The number of nitrogen functional groups attached to an aromatic ring is 1. The molecule has 0 saturated carbocycles. The quantitative estimate of drug-likeness (QED) is 0.591. The van der Waals surface area contributed by atoms with Crippen LogP contribution in [-0.4, -0.2) is 25.8 Å². The fourth-order valence-corrected chi connectivity index (χ4v) is 1.62. The smallest absolute Gasteiger partial charge is 0.186 e. The highest BCUT2D eigenvalue weighted by molar-refractivity contribution is 5.97. The van der Waals surface area contributed by atoms with Gasteiger partial charge in [0.2, 0.25) is 0 Å². The minimum Gasteiger partial charge on any atom is -0.384 e. The third-order valence-electron chi connectivity index (χ3n) is 2.85. The minimum absolute atomic E-state index is 0.0416. The third-order valence-corrected chi connectivity index (χ3v) is 2.85. The van der Waals surface area contributed by atoms with Crippen LogP contribution in [0.2, 0.25) is 0 Å². The maximum atomic E-state index is 7.53. The van der Waals surface area contributed by atoms with Gasteiger partial charge in [0, 0.05) is 5.69 Å². The Hall–Kier alpha value is -2.24. The Morgan fingerprint density at radius 2 is 2.06 bits per heavy atom. The Kier molecular flexibility index (Phi) is 2.63. The maximum Gasteiger partial charge on any atom is 0.186 e. The van der Waals surface area contributed by atoms with Crippen LogP contribution in [0.4, 0.5) is 0 Å². The van der Waals surface area contributed by atoms with Gasteiger partial charge in [-0.25, -0.2) is 4.68 Å². The molecule has 0 aliphatic heterocycles. The van der Waals surface area contributed by atoms with E-state index in [2.05, 4.69) is 15.3 Å². The third kappa shape index (κ3) is 1.77. The summed E-state index contributed by atoms with van der Waals surface area (Å²) in [5.74, 6) is 0.453. The SMILES string of the molecule is Cc1nn(-c2nnccc2C(=N)N)c(C)c1C. The molecule has 0 atom stereocenters. The summed E-state index contributed by atoms with van der Waals surface area (Å²) in [5.41, 5.74) is 9.07. The summed E-state index contributed by atoms with van der Waals surface area (Å²) in [6.45, 7) is 5.88. The van der Waals surface area contributed by atoms with Crippen LogP contribution in [0, 0.1) is 26.2 Å². The van der Waals surface area contributed by atoms with Crippen LogP contribution < -0.4 is 5.73 Å². The van der Waals surface area contributed by atoms with Crippen molar-refractivity contribution >= 4 is 5.84 Å². The molecule has 0 unspecified atom stereocenters. The Labute approximate surface area is 99.0 Å². The van der Waals surface area contributed by atoms with Crippen molar-refractivity contribution in [2.75, 3.05) is 0 Å². The number of aryl methyl sites for hydroxylation is 1. The van der Waals surface area contributed by atoms with Gasteiger partial charge < -0.3 is 5.73 Å². The fourth-order valence-electron chi connectivity index (χ4n) is 1.62. The second-order valence-corrected chi connectivity index (χ2v) is 3.89. The van der Waals surface area contributed by atoms with E-state index in [4.69, 9.17) is 11.1 Å². The molecule has 0 radical (unpaired) electrons. The summed E-state index contributed by atoms with van der Waals surface area (Å²) in [7, 11) is 0. The van der Waals surface area contributed by atoms with Crippen LogP contribution in [0.25, 0.3) is 5.82 Å². The molecule has 2 aromatic heterocycles. The zero-order valence-electron chi connectivity index (χ0n) is 10.0. The van der Waals surface area contributed by atoms with Gasteiger partial charge in [0.1, 0.15) is 5.84 Å². The van der Waals surface area contributed by atoms with Crippen LogP contribution >= 0.6 is 0 Å². The molecule has 88 valence electrons. The number of rotatable bonds is 2. The van der Waals surface area contributed by atoms with E-state index in [1.54, 1.807) is 10.7 Å². The first-order valence-corrected chi connectivity index (χ1v) is 5.21. The van der Waals surface area contributed by atoms with Crippen LogP contribution in [0.15, 0.2) is 12.3 Å². The molecule has 2 heterocycles. The van der Waals surface area contributed by atoms with Crippen molar-refractivity contribution < 1.29 is 0 Å². The van der Waals surface area contributed by atoms with Crippen molar-refractivity contribution in [3.8, 4) is 5.82 Å². The summed E-state index contributed by atoms with van der Waals surface area (Å²) in [5, 5.41) is 19.7. The highest BCUT2D eigenvalue weighted by Gasteiger charge is 2.15. The number of nitrogens with one attached hydrogen (secondary N) is 1. The van der Waals surface area contributed by atoms with E-state index >= 15 is 0 Å². The van der Waals surface area contributed by atoms with Crippen molar-refractivity contribution in [2.45, 2.75) is 20.8 Å². The second-order valence-electron chi connectivity index (χ2n) is 3.89. The number of hydrogen-bond donors (Lipinski definition) is 2. The average Bonchev–Trinajstić information content (AvgIpc) is 2.57. The molecule has 0 amide bonds. The van der Waals surface area contributed by atoms with Crippen LogP contribution in [0.1, 0.15) is 22.5 Å². The van der Waals surface area contributed by atoms with Crippen molar-refractivity contribution in [3.63, 3.8) is 0 Å². The molecule has 2 aromatic rings. The lowest BCUT2D eigenvalue weighted by Gasteiger charge is -2.07. The first-order chi connectivity index (χ1) is 8.02. The molecule has 6 heteroatoms. The molecule has 0 aromatic carbocycles. The summed E-state index contributed by atoms with van der Waals surface area (Å²) < 4.78 is 1.67. The largest absolute Gasteiger partial charge is 0.384 e. The van der Waals surface area contributed by atoms with Crippen molar-refractivity contribution in [3.05, 3.63) is 34.8 Å². The lowest BCUT2D eigenvalue weighted by atomic mass is 10.2. The molecule has 0 bridgehead atoms. The number of nitrogens with zero attached hydrogens (tertiary/aromatic N) is 4. The van der Waals surface area contributed by atoms with Gasteiger partial charge in [0.25, 0.3) is 0 Å². The molecule has 0 fully saturated rings. The number of nitrogens with two attached hydrogens (primary N) is 1. The average molecular weight is 230 g/mol. The summed E-state index contributed by atoms with van der Waals surface area (Å²) in [4.78, 5) is 0. The van der Waals surface area contributed by atoms with Gasteiger partial charge in [-0.15, -0.1) is 5.10 Å². The molecule has 0 spiro atoms.